The van der Waals surface area contributed by atoms with Gasteiger partial charge in [-0.3, -0.25) is 0 Å². The number of allylic oxidation sites excluding steroid dienone is 11. The van der Waals surface area contributed by atoms with Crippen LogP contribution < -0.4 is 0 Å². The van der Waals surface area contributed by atoms with E-state index in [1.54, 1.807) is 6.08 Å². The van der Waals surface area contributed by atoms with E-state index in [0.29, 0.717) is 0 Å². The first-order chi connectivity index (χ1) is 7.29. The van der Waals surface area contributed by atoms with E-state index in [1.807, 2.05) is 45.1 Å². The number of hydrogen-bond acceptors (Lipinski definition) is 0. The lowest BCUT2D eigenvalue weighted by atomic mass is 10.0. The molecule has 0 aliphatic carbocycles. The molecule has 0 saturated heterocycles. The predicted octanol–water partition coefficient (Wildman–Crippen LogP) is 4.75. The van der Waals surface area contributed by atoms with Crippen LogP contribution in [-0.4, -0.2) is 0 Å². The van der Waals surface area contributed by atoms with Gasteiger partial charge in [0.1, 0.15) is 0 Å². The van der Waals surface area contributed by atoms with Crippen LogP contribution in [0.1, 0.15) is 20.8 Å². The molecule has 0 bridgehead atoms. The molecule has 0 heteroatoms. The number of rotatable bonds is 5. The summed E-state index contributed by atoms with van der Waals surface area (Å²) in [6, 6.07) is 0. The highest BCUT2D eigenvalue weighted by Gasteiger charge is 1.93. The summed E-state index contributed by atoms with van der Waals surface area (Å²) < 4.78 is 0. The van der Waals surface area contributed by atoms with Gasteiger partial charge in [-0.05, 0) is 31.9 Å². The molecule has 0 radical (unpaired) electrons. The highest BCUT2D eigenvalue weighted by molar-refractivity contribution is 5.47. The maximum absolute atomic E-state index is 3.66. The maximum Gasteiger partial charge on any atom is -0.0230 e. The molecule has 0 amide bonds. The molecule has 0 aromatic carbocycles. The third kappa shape index (κ3) is 5.69. The lowest BCUT2D eigenvalue weighted by molar-refractivity contribution is 1.47. The third-order valence-corrected chi connectivity index (χ3v) is 1.95. The summed E-state index contributed by atoms with van der Waals surface area (Å²) in [5, 5.41) is 0. The first kappa shape index (κ1) is 13.4. The Morgan fingerprint density at radius 2 is 1.33 bits per heavy atom. The van der Waals surface area contributed by atoms with Crippen molar-refractivity contribution in [2.45, 2.75) is 20.8 Å². The van der Waals surface area contributed by atoms with Gasteiger partial charge in [0, 0.05) is 0 Å². The van der Waals surface area contributed by atoms with Gasteiger partial charge in [0.2, 0.25) is 0 Å². The van der Waals surface area contributed by atoms with Gasteiger partial charge in [-0.25, -0.2) is 0 Å². The molecule has 0 saturated carbocycles. The molecule has 0 heterocycles. The van der Waals surface area contributed by atoms with Crippen LogP contribution in [0.2, 0.25) is 0 Å². The first-order valence-corrected chi connectivity index (χ1v) is 5.21. The monoisotopic (exact) mass is 200 g/mol. The predicted molar refractivity (Wildman–Crippen MR) is 70.8 cm³/mol. The SMILES string of the molecule is C=C\C=C/C(=C\C)C(/C=C\C=C/C)=C/C. The second kappa shape index (κ2) is 9.01. The van der Waals surface area contributed by atoms with Gasteiger partial charge >= 0.3 is 0 Å². The third-order valence-electron chi connectivity index (χ3n) is 1.95. The Hall–Kier alpha value is -1.56. The molecular formula is C15H20. The Morgan fingerprint density at radius 1 is 0.800 bits per heavy atom. The van der Waals surface area contributed by atoms with Crippen molar-refractivity contribution in [2.75, 3.05) is 0 Å². The van der Waals surface area contributed by atoms with Crippen molar-refractivity contribution >= 4 is 0 Å². The standard InChI is InChI=1S/C15H20/c1-5-9-11-13-15(8-4)14(7-3)12-10-6-2/h5-13H,2H2,1,3-4H3/b9-5-,12-10-,13-11-,14-7+,15-8+. The minimum Gasteiger partial charge on any atom is -0.0991 e. The summed E-state index contributed by atoms with van der Waals surface area (Å²) in [5.74, 6) is 0. The molecule has 15 heavy (non-hydrogen) atoms. The topological polar surface area (TPSA) is 0 Å². The van der Waals surface area contributed by atoms with Crippen LogP contribution in [-0.2, 0) is 0 Å². The van der Waals surface area contributed by atoms with Gasteiger partial charge in [0.15, 0.2) is 0 Å². The Labute approximate surface area is 93.7 Å². The molecule has 0 N–H and O–H groups in total. The van der Waals surface area contributed by atoms with Crippen molar-refractivity contribution in [3.8, 4) is 0 Å². The summed E-state index contributed by atoms with van der Waals surface area (Å²) in [6.45, 7) is 9.75. The van der Waals surface area contributed by atoms with Gasteiger partial charge in [0.25, 0.3) is 0 Å². The van der Waals surface area contributed by atoms with Crippen LogP contribution in [0.4, 0.5) is 0 Å². The zero-order valence-corrected chi connectivity index (χ0v) is 9.90. The van der Waals surface area contributed by atoms with Crippen molar-refractivity contribution in [3.05, 3.63) is 72.4 Å². The summed E-state index contributed by atoms with van der Waals surface area (Å²) in [7, 11) is 0. The Kier molecular flexibility index (Phi) is 8.08. The van der Waals surface area contributed by atoms with Crippen molar-refractivity contribution in [2.24, 2.45) is 0 Å². The van der Waals surface area contributed by atoms with Gasteiger partial charge < -0.3 is 0 Å². The Bertz CT molecular complexity index is 320. The zero-order chi connectivity index (χ0) is 11.5. The molecule has 0 atom stereocenters. The Morgan fingerprint density at radius 3 is 1.73 bits per heavy atom. The second-order valence-corrected chi connectivity index (χ2v) is 2.97. The molecule has 0 aromatic rings. The van der Waals surface area contributed by atoms with Gasteiger partial charge in [0.05, 0.1) is 0 Å². The Balaban J connectivity index is 4.80. The summed E-state index contributed by atoms with van der Waals surface area (Å²) in [4.78, 5) is 0. The molecule has 0 nitrogen and oxygen atoms in total. The van der Waals surface area contributed by atoms with Crippen LogP contribution in [0.15, 0.2) is 72.4 Å². The average molecular weight is 200 g/mol. The van der Waals surface area contributed by atoms with E-state index in [0.717, 1.165) is 0 Å². The van der Waals surface area contributed by atoms with Gasteiger partial charge in [-0.1, -0.05) is 61.3 Å². The molecule has 0 fully saturated rings. The maximum atomic E-state index is 3.66. The van der Waals surface area contributed by atoms with Crippen molar-refractivity contribution < 1.29 is 0 Å². The van der Waals surface area contributed by atoms with E-state index in [4.69, 9.17) is 0 Å². The second-order valence-electron chi connectivity index (χ2n) is 2.97. The summed E-state index contributed by atoms with van der Waals surface area (Å²) in [5.41, 5.74) is 2.42. The quantitative estimate of drug-likeness (QED) is 0.562. The molecule has 0 spiro atoms. The highest BCUT2D eigenvalue weighted by atomic mass is 14.0. The molecular weight excluding hydrogens is 180 g/mol. The van der Waals surface area contributed by atoms with Crippen molar-refractivity contribution in [1.29, 1.82) is 0 Å². The van der Waals surface area contributed by atoms with Gasteiger partial charge in [-0.2, -0.15) is 0 Å². The molecule has 0 aromatic heterocycles. The van der Waals surface area contributed by atoms with Crippen LogP contribution >= 0.6 is 0 Å². The normalized spacial score (nSPS) is 14.6. The largest absolute Gasteiger partial charge is 0.0991 e. The smallest absolute Gasteiger partial charge is 0.0230 e. The first-order valence-electron chi connectivity index (χ1n) is 5.21. The fourth-order valence-corrected chi connectivity index (χ4v) is 1.16. The fraction of sp³-hybridized carbons (Fsp3) is 0.200. The lowest BCUT2D eigenvalue weighted by Gasteiger charge is -2.01. The lowest BCUT2D eigenvalue weighted by Crippen LogP contribution is -1.81. The van der Waals surface area contributed by atoms with E-state index in [2.05, 4.69) is 30.9 Å². The highest BCUT2D eigenvalue weighted by Crippen LogP contribution is 2.13. The molecule has 0 aliphatic rings. The van der Waals surface area contributed by atoms with Crippen LogP contribution in [0, 0.1) is 0 Å². The van der Waals surface area contributed by atoms with Crippen LogP contribution in [0.25, 0.3) is 0 Å². The molecule has 0 unspecified atom stereocenters. The minimum absolute atomic E-state index is 1.21. The van der Waals surface area contributed by atoms with Crippen molar-refractivity contribution in [3.63, 3.8) is 0 Å². The van der Waals surface area contributed by atoms with Crippen LogP contribution in [0.5, 0.6) is 0 Å². The zero-order valence-electron chi connectivity index (χ0n) is 9.90. The molecule has 0 rings (SSSR count). The summed E-state index contributed by atoms with van der Waals surface area (Å²) >= 11 is 0. The van der Waals surface area contributed by atoms with E-state index >= 15 is 0 Å². The minimum atomic E-state index is 1.21. The molecule has 80 valence electrons. The van der Waals surface area contributed by atoms with E-state index in [1.165, 1.54) is 11.1 Å². The van der Waals surface area contributed by atoms with E-state index in [9.17, 15) is 0 Å². The fourth-order valence-electron chi connectivity index (χ4n) is 1.16. The molecule has 0 aliphatic heterocycles. The van der Waals surface area contributed by atoms with Gasteiger partial charge in [-0.15, -0.1) is 0 Å². The van der Waals surface area contributed by atoms with Crippen molar-refractivity contribution in [1.82, 2.24) is 0 Å². The number of hydrogen-bond donors (Lipinski definition) is 0. The van der Waals surface area contributed by atoms with E-state index < -0.39 is 0 Å². The average Bonchev–Trinajstić information content (AvgIpc) is 2.27. The van der Waals surface area contributed by atoms with Crippen LogP contribution in [0.3, 0.4) is 0 Å². The van der Waals surface area contributed by atoms with E-state index in [-0.39, 0.29) is 0 Å². The summed E-state index contributed by atoms with van der Waals surface area (Å²) in [6.07, 6.45) is 18.2.